The van der Waals surface area contributed by atoms with Gasteiger partial charge in [0.1, 0.15) is 5.82 Å². The number of amides is 1. The SMILES string of the molecule is CN(C)c1cncc(NC(=O)C2Cc3cccc(F)c3C(=O)O2)c1. The lowest BCUT2D eigenvalue weighted by Gasteiger charge is -2.24. The fourth-order valence-corrected chi connectivity index (χ4v) is 2.51. The molecule has 1 atom stereocenters. The minimum absolute atomic E-state index is 0.0992. The van der Waals surface area contributed by atoms with Gasteiger partial charge >= 0.3 is 5.97 Å². The Labute approximate surface area is 138 Å². The predicted molar refractivity (Wildman–Crippen MR) is 86.5 cm³/mol. The number of anilines is 2. The van der Waals surface area contributed by atoms with Crippen LogP contribution in [0.5, 0.6) is 0 Å². The minimum Gasteiger partial charge on any atom is -0.448 e. The van der Waals surface area contributed by atoms with Crippen molar-refractivity contribution in [2.45, 2.75) is 12.5 Å². The molecule has 0 aliphatic carbocycles. The van der Waals surface area contributed by atoms with Gasteiger partial charge in [0, 0.05) is 20.5 Å². The van der Waals surface area contributed by atoms with E-state index in [-0.39, 0.29) is 12.0 Å². The van der Waals surface area contributed by atoms with Crippen molar-refractivity contribution in [1.29, 1.82) is 0 Å². The third-order valence-electron chi connectivity index (χ3n) is 3.76. The Kier molecular flexibility index (Phi) is 4.16. The molecule has 7 heteroatoms. The summed E-state index contributed by atoms with van der Waals surface area (Å²) in [6, 6.07) is 6.07. The summed E-state index contributed by atoms with van der Waals surface area (Å²) in [6.07, 6.45) is 2.29. The maximum absolute atomic E-state index is 13.7. The molecule has 1 aromatic heterocycles. The van der Waals surface area contributed by atoms with Crippen molar-refractivity contribution in [2.24, 2.45) is 0 Å². The Bertz CT molecular complexity index is 807. The summed E-state index contributed by atoms with van der Waals surface area (Å²) < 4.78 is 18.8. The number of pyridine rings is 1. The molecule has 0 fully saturated rings. The van der Waals surface area contributed by atoms with Gasteiger partial charge < -0.3 is 15.0 Å². The van der Waals surface area contributed by atoms with Crippen LogP contribution < -0.4 is 10.2 Å². The van der Waals surface area contributed by atoms with E-state index >= 15 is 0 Å². The van der Waals surface area contributed by atoms with Crippen LogP contribution in [0.4, 0.5) is 15.8 Å². The Morgan fingerprint density at radius 3 is 2.92 bits per heavy atom. The third kappa shape index (κ3) is 3.05. The van der Waals surface area contributed by atoms with Gasteiger partial charge in [-0.1, -0.05) is 12.1 Å². The molecule has 3 rings (SSSR count). The van der Waals surface area contributed by atoms with Crippen molar-refractivity contribution < 1.29 is 18.7 Å². The number of hydrogen-bond donors (Lipinski definition) is 1. The molecule has 0 saturated carbocycles. The average Bonchev–Trinajstić information content (AvgIpc) is 2.54. The quantitative estimate of drug-likeness (QED) is 0.872. The number of hydrogen-bond acceptors (Lipinski definition) is 5. The summed E-state index contributed by atoms with van der Waals surface area (Å²) in [4.78, 5) is 30.2. The summed E-state index contributed by atoms with van der Waals surface area (Å²) in [5.74, 6) is -1.94. The van der Waals surface area contributed by atoms with Crippen LogP contribution in [-0.4, -0.2) is 37.1 Å². The monoisotopic (exact) mass is 329 g/mol. The highest BCUT2D eigenvalue weighted by Gasteiger charge is 2.33. The lowest BCUT2D eigenvalue weighted by molar-refractivity contribution is -0.125. The molecule has 1 aromatic carbocycles. The first-order chi connectivity index (χ1) is 11.5. The van der Waals surface area contributed by atoms with Crippen LogP contribution in [0.2, 0.25) is 0 Å². The number of fused-ring (bicyclic) bond motifs is 1. The largest absolute Gasteiger partial charge is 0.448 e. The van der Waals surface area contributed by atoms with Gasteiger partial charge in [0.25, 0.3) is 5.91 Å². The van der Waals surface area contributed by atoms with E-state index in [0.717, 1.165) is 5.69 Å². The number of cyclic esters (lactones) is 1. The standard InChI is InChI=1S/C17H16FN3O3/c1-21(2)12-7-11(8-19-9-12)20-16(22)14-6-10-4-3-5-13(18)15(10)17(23)24-14/h3-5,7-9,14H,6H2,1-2H3,(H,20,22). The molecular formula is C17H16FN3O3. The number of carbonyl (C=O) groups is 2. The summed E-state index contributed by atoms with van der Waals surface area (Å²) in [5, 5.41) is 2.67. The van der Waals surface area contributed by atoms with E-state index in [1.807, 2.05) is 19.0 Å². The van der Waals surface area contributed by atoms with Gasteiger partial charge in [-0.15, -0.1) is 0 Å². The number of nitrogens with one attached hydrogen (secondary N) is 1. The maximum Gasteiger partial charge on any atom is 0.342 e. The molecule has 1 aliphatic rings. The molecule has 124 valence electrons. The number of halogens is 1. The molecule has 6 nitrogen and oxygen atoms in total. The van der Waals surface area contributed by atoms with Crippen LogP contribution in [0.3, 0.4) is 0 Å². The summed E-state index contributed by atoms with van der Waals surface area (Å²) in [7, 11) is 3.72. The van der Waals surface area contributed by atoms with Crippen LogP contribution >= 0.6 is 0 Å². The number of aromatic nitrogens is 1. The zero-order chi connectivity index (χ0) is 17.3. The van der Waals surface area contributed by atoms with Crippen molar-refractivity contribution in [1.82, 2.24) is 4.98 Å². The molecule has 24 heavy (non-hydrogen) atoms. The number of benzene rings is 1. The van der Waals surface area contributed by atoms with E-state index in [1.54, 1.807) is 18.3 Å². The molecular weight excluding hydrogens is 313 g/mol. The summed E-state index contributed by atoms with van der Waals surface area (Å²) in [6.45, 7) is 0. The van der Waals surface area contributed by atoms with E-state index in [1.165, 1.54) is 18.3 Å². The van der Waals surface area contributed by atoms with Gasteiger partial charge in [0.15, 0.2) is 6.10 Å². The third-order valence-corrected chi connectivity index (χ3v) is 3.76. The maximum atomic E-state index is 13.7. The van der Waals surface area contributed by atoms with Gasteiger partial charge in [-0.05, 0) is 17.7 Å². The van der Waals surface area contributed by atoms with Gasteiger partial charge in [-0.3, -0.25) is 9.78 Å². The number of esters is 1. The zero-order valence-corrected chi connectivity index (χ0v) is 13.2. The Balaban J connectivity index is 1.77. The van der Waals surface area contributed by atoms with Gasteiger partial charge in [0.2, 0.25) is 0 Å². The fraction of sp³-hybridized carbons (Fsp3) is 0.235. The molecule has 2 aromatic rings. The first-order valence-corrected chi connectivity index (χ1v) is 7.37. The normalized spacial score (nSPS) is 16.1. The van der Waals surface area contributed by atoms with E-state index in [4.69, 9.17) is 4.74 Å². The van der Waals surface area contributed by atoms with Crippen molar-refractivity contribution in [2.75, 3.05) is 24.3 Å². The number of rotatable bonds is 3. The van der Waals surface area contributed by atoms with Gasteiger partial charge in [-0.2, -0.15) is 0 Å². The first-order valence-electron chi connectivity index (χ1n) is 7.37. The molecule has 1 N–H and O–H groups in total. The number of carbonyl (C=O) groups excluding carboxylic acids is 2. The molecule has 1 aliphatic heterocycles. The highest BCUT2D eigenvalue weighted by atomic mass is 19.1. The van der Waals surface area contributed by atoms with Crippen molar-refractivity contribution in [3.05, 3.63) is 53.6 Å². The molecule has 0 spiro atoms. The fourth-order valence-electron chi connectivity index (χ4n) is 2.51. The molecule has 1 amide bonds. The second-order valence-electron chi connectivity index (χ2n) is 5.69. The van der Waals surface area contributed by atoms with E-state index in [0.29, 0.717) is 11.3 Å². The van der Waals surface area contributed by atoms with Gasteiger partial charge in [-0.25, -0.2) is 9.18 Å². The summed E-state index contributed by atoms with van der Waals surface area (Å²) >= 11 is 0. The topological polar surface area (TPSA) is 71.5 Å². The van der Waals surface area contributed by atoms with Crippen LogP contribution in [0.25, 0.3) is 0 Å². The minimum atomic E-state index is -1.00. The van der Waals surface area contributed by atoms with Crippen LogP contribution in [0.15, 0.2) is 36.7 Å². The zero-order valence-electron chi connectivity index (χ0n) is 13.2. The van der Waals surface area contributed by atoms with Crippen LogP contribution in [0.1, 0.15) is 15.9 Å². The molecule has 2 heterocycles. The van der Waals surface area contributed by atoms with Crippen molar-refractivity contribution >= 4 is 23.3 Å². The highest BCUT2D eigenvalue weighted by Crippen LogP contribution is 2.24. The van der Waals surface area contributed by atoms with Crippen LogP contribution in [0, 0.1) is 5.82 Å². The highest BCUT2D eigenvalue weighted by molar-refractivity contribution is 6.00. The number of ether oxygens (including phenoxy) is 1. The van der Waals surface area contributed by atoms with Crippen molar-refractivity contribution in [3.8, 4) is 0 Å². The first kappa shape index (κ1) is 15.9. The molecule has 0 bridgehead atoms. The Morgan fingerprint density at radius 2 is 2.17 bits per heavy atom. The molecule has 0 radical (unpaired) electrons. The second kappa shape index (κ2) is 6.27. The molecule has 1 unspecified atom stereocenters. The van der Waals surface area contributed by atoms with Crippen molar-refractivity contribution in [3.63, 3.8) is 0 Å². The Hall–Kier alpha value is -2.96. The average molecular weight is 329 g/mol. The summed E-state index contributed by atoms with van der Waals surface area (Å²) in [5.41, 5.74) is 1.68. The van der Waals surface area contributed by atoms with Gasteiger partial charge in [0.05, 0.1) is 29.3 Å². The lowest BCUT2D eigenvalue weighted by Crippen LogP contribution is -2.38. The smallest absolute Gasteiger partial charge is 0.342 e. The van der Waals surface area contributed by atoms with E-state index in [2.05, 4.69) is 10.3 Å². The van der Waals surface area contributed by atoms with Crippen LogP contribution in [-0.2, 0) is 16.0 Å². The van der Waals surface area contributed by atoms with E-state index in [9.17, 15) is 14.0 Å². The molecule has 0 saturated heterocycles. The number of nitrogens with zero attached hydrogens (tertiary/aromatic N) is 2. The lowest BCUT2D eigenvalue weighted by atomic mass is 9.97. The van der Waals surface area contributed by atoms with E-state index < -0.39 is 23.8 Å². The predicted octanol–water partition coefficient (Wildman–Crippen LogP) is 2.01. The Morgan fingerprint density at radius 1 is 1.38 bits per heavy atom. The second-order valence-corrected chi connectivity index (χ2v) is 5.69.